The van der Waals surface area contributed by atoms with Gasteiger partial charge in [0, 0.05) is 30.6 Å². The van der Waals surface area contributed by atoms with Crippen molar-refractivity contribution < 1.29 is 9.59 Å². The van der Waals surface area contributed by atoms with E-state index in [9.17, 15) is 9.59 Å². The molecule has 0 aliphatic carbocycles. The number of halogens is 1. The molecule has 1 atom stereocenters. The monoisotopic (exact) mass is 381 g/mol. The lowest BCUT2D eigenvalue weighted by Gasteiger charge is -2.13. The first-order valence-electron chi connectivity index (χ1n) is 7.68. The highest BCUT2D eigenvalue weighted by molar-refractivity contribution is 8.00. The molecule has 0 aliphatic rings. The van der Waals surface area contributed by atoms with Crippen LogP contribution in [0, 0.1) is 6.92 Å². The first-order valence-corrected chi connectivity index (χ1v) is 8.94. The van der Waals surface area contributed by atoms with Crippen molar-refractivity contribution in [1.82, 2.24) is 14.8 Å². The molecule has 7 nitrogen and oxygen atoms in total. The van der Waals surface area contributed by atoms with Gasteiger partial charge in [-0.2, -0.15) is 0 Å². The number of hydrogen-bond acceptors (Lipinski definition) is 5. The molecule has 9 heteroatoms. The number of carbonyl (C=O) groups is 2. The predicted molar refractivity (Wildman–Crippen MR) is 98.7 cm³/mol. The third kappa shape index (κ3) is 5.20. The van der Waals surface area contributed by atoms with E-state index in [1.807, 2.05) is 13.0 Å². The van der Waals surface area contributed by atoms with E-state index in [1.165, 1.54) is 11.8 Å². The molecule has 1 heterocycles. The van der Waals surface area contributed by atoms with E-state index < -0.39 is 0 Å². The summed E-state index contributed by atoms with van der Waals surface area (Å²) in [6.07, 6.45) is 0.627. The Kier molecular flexibility index (Phi) is 6.44. The number of benzene rings is 1. The van der Waals surface area contributed by atoms with Crippen LogP contribution in [0.2, 0.25) is 5.02 Å². The highest BCUT2D eigenvalue weighted by Gasteiger charge is 2.19. The van der Waals surface area contributed by atoms with Gasteiger partial charge in [0.25, 0.3) is 0 Å². The van der Waals surface area contributed by atoms with Crippen molar-refractivity contribution in [2.75, 3.05) is 5.32 Å². The lowest BCUT2D eigenvalue weighted by molar-refractivity contribution is -0.118. The van der Waals surface area contributed by atoms with Crippen molar-refractivity contribution in [2.24, 2.45) is 12.8 Å². The maximum absolute atomic E-state index is 12.4. The Morgan fingerprint density at radius 1 is 1.40 bits per heavy atom. The van der Waals surface area contributed by atoms with Gasteiger partial charge in [-0.25, -0.2) is 0 Å². The normalized spacial score (nSPS) is 12.0. The number of aryl methyl sites for hydroxylation is 2. The molecular weight excluding hydrogens is 362 g/mol. The molecular formula is C16H20ClN5O2S. The lowest BCUT2D eigenvalue weighted by Crippen LogP contribution is -2.23. The van der Waals surface area contributed by atoms with Crippen LogP contribution in [0.4, 0.5) is 5.69 Å². The van der Waals surface area contributed by atoms with E-state index >= 15 is 0 Å². The van der Waals surface area contributed by atoms with Gasteiger partial charge in [-0.3, -0.25) is 9.59 Å². The largest absolute Gasteiger partial charge is 0.370 e. The van der Waals surface area contributed by atoms with Crippen LogP contribution in [0.15, 0.2) is 23.4 Å². The van der Waals surface area contributed by atoms with Crippen molar-refractivity contribution in [3.8, 4) is 0 Å². The maximum atomic E-state index is 12.4. The molecule has 0 radical (unpaired) electrons. The van der Waals surface area contributed by atoms with Gasteiger partial charge in [0.15, 0.2) is 5.16 Å². The van der Waals surface area contributed by atoms with Crippen LogP contribution in [0.5, 0.6) is 0 Å². The number of amides is 2. The average molecular weight is 382 g/mol. The molecule has 2 aromatic rings. The summed E-state index contributed by atoms with van der Waals surface area (Å²) in [4.78, 5) is 23.3. The molecule has 134 valence electrons. The summed E-state index contributed by atoms with van der Waals surface area (Å²) >= 11 is 7.26. The van der Waals surface area contributed by atoms with Gasteiger partial charge >= 0.3 is 0 Å². The highest BCUT2D eigenvalue weighted by atomic mass is 35.5. The van der Waals surface area contributed by atoms with Crippen molar-refractivity contribution >= 4 is 40.9 Å². The third-order valence-corrected chi connectivity index (χ3v) is 5.00. The number of nitrogens with one attached hydrogen (secondary N) is 1. The fourth-order valence-corrected chi connectivity index (χ4v) is 3.08. The number of hydrogen-bond donors (Lipinski definition) is 2. The molecule has 2 rings (SSSR count). The SMILES string of the molecule is Cc1ccc(Cl)cc1NC(=O)[C@H](C)Sc1nnc(CCC(N)=O)n1C. The van der Waals surface area contributed by atoms with Gasteiger partial charge in [-0.1, -0.05) is 29.4 Å². The fourth-order valence-electron chi connectivity index (χ4n) is 2.08. The Bertz CT molecular complexity index is 793. The first kappa shape index (κ1) is 19.3. The quantitative estimate of drug-likeness (QED) is 0.716. The zero-order valence-electron chi connectivity index (χ0n) is 14.2. The Morgan fingerprint density at radius 3 is 2.80 bits per heavy atom. The Labute approximate surface area is 155 Å². The van der Waals surface area contributed by atoms with Crippen LogP contribution in [-0.2, 0) is 23.1 Å². The van der Waals surface area contributed by atoms with Crippen LogP contribution in [0.3, 0.4) is 0 Å². The molecule has 2 amide bonds. The van der Waals surface area contributed by atoms with Crippen LogP contribution in [0.25, 0.3) is 0 Å². The predicted octanol–water partition coefficient (Wildman–Crippen LogP) is 2.31. The molecule has 0 unspecified atom stereocenters. The van der Waals surface area contributed by atoms with Gasteiger partial charge < -0.3 is 15.6 Å². The zero-order valence-corrected chi connectivity index (χ0v) is 15.8. The molecule has 1 aromatic carbocycles. The summed E-state index contributed by atoms with van der Waals surface area (Å²) in [6, 6.07) is 5.35. The minimum Gasteiger partial charge on any atom is -0.370 e. The number of aromatic nitrogens is 3. The minimum absolute atomic E-state index is 0.156. The third-order valence-electron chi connectivity index (χ3n) is 3.63. The second-order valence-electron chi connectivity index (χ2n) is 5.63. The molecule has 0 fully saturated rings. The molecule has 1 aromatic heterocycles. The van der Waals surface area contributed by atoms with E-state index in [1.54, 1.807) is 30.7 Å². The van der Waals surface area contributed by atoms with Gasteiger partial charge in [-0.05, 0) is 31.5 Å². The summed E-state index contributed by atoms with van der Waals surface area (Å²) in [5, 5.41) is 11.8. The minimum atomic E-state index is -0.387. The summed E-state index contributed by atoms with van der Waals surface area (Å²) in [5.41, 5.74) is 6.77. The van der Waals surface area contributed by atoms with Gasteiger partial charge in [-0.15, -0.1) is 10.2 Å². The second-order valence-corrected chi connectivity index (χ2v) is 7.38. The molecule has 0 saturated carbocycles. The van der Waals surface area contributed by atoms with Crippen LogP contribution in [-0.4, -0.2) is 31.8 Å². The molecule has 0 saturated heterocycles. The number of nitrogens with zero attached hydrogens (tertiary/aromatic N) is 3. The molecule has 0 spiro atoms. The Morgan fingerprint density at radius 2 is 2.12 bits per heavy atom. The Hall–Kier alpha value is -2.06. The van der Waals surface area contributed by atoms with Gasteiger partial charge in [0.05, 0.1) is 5.25 Å². The van der Waals surface area contributed by atoms with Gasteiger partial charge in [0.1, 0.15) is 5.82 Å². The molecule has 25 heavy (non-hydrogen) atoms. The number of thioether (sulfide) groups is 1. The highest BCUT2D eigenvalue weighted by Crippen LogP contribution is 2.25. The van der Waals surface area contributed by atoms with E-state index in [4.69, 9.17) is 17.3 Å². The summed E-state index contributed by atoms with van der Waals surface area (Å²) in [6.45, 7) is 3.69. The van der Waals surface area contributed by atoms with E-state index in [2.05, 4.69) is 15.5 Å². The lowest BCUT2D eigenvalue weighted by atomic mass is 10.2. The number of primary amides is 1. The fraction of sp³-hybridized carbons (Fsp3) is 0.375. The average Bonchev–Trinajstić information content (AvgIpc) is 2.89. The molecule has 0 aliphatic heterocycles. The van der Waals surface area contributed by atoms with Crippen LogP contribution < -0.4 is 11.1 Å². The second kappa shape index (κ2) is 8.35. The standard InChI is InChI=1S/C16H20ClN5O2S/c1-9-4-5-11(17)8-12(9)19-15(24)10(2)25-16-21-20-14(22(16)3)7-6-13(18)23/h4-5,8,10H,6-7H2,1-3H3,(H2,18,23)(H,19,24)/t10-/m0/s1. The summed E-state index contributed by atoms with van der Waals surface area (Å²) in [7, 11) is 1.80. The first-order chi connectivity index (χ1) is 11.8. The van der Waals surface area contributed by atoms with Crippen molar-refractivity contribution in [2.45, 2.75) is 37.1 Å². The van der Waals surface area contributed by atoms with Crippen molar-refractivity contribution in [3.05, 3.63) is 34.6 Å². The van der Waals surface area contributed by atoms with Gasteiger partial charge in [0.2, 0.25) is 11.8 Å². The van der Waals surface area contributed by atoms with Crippen LogP contribution in [0.1, 0.15) is 24.7 Å². The smallest absolute Gasteiger partial charge is 0.237 e. The topological polar surface area (TPSA) is 103 Å². The number of anilines is 1. The van der Waals surface area contributed by atoms with E-state index in [0.717, 1.165) is 5.56 Å². The number of rotatable bonds is 7. The zero-order chi connectivity index (χ0) is 18.6. The van der Waals surface area contributed by atoms with E-state index in [0.29, 0.717) is 28.1 Å². The van der Waals surface area contributed by atoms with Crippen LogP contribution >= 0.6 is 23.4 Å². The van der Waals surface area contributed by atoms with Crippen molar-refractivity contribution in [3.63, 3.8) is 0 Å². The number of nitrogens with two attached hydrogens (primary N) is 1. The van der Waals surface area contributed by atoms with Crippen molar-refractivity contribution in [1.29, 1.82) is 0 Å². The maximum Gasteiger partial charge on any atom is 0.237 e. The Balaban J connectivity index is 2.01. The number of carbonyl (C=O) groups excluding carboxylic acids is 2. The summed E-state index contributed by atoms with van der Waals surface area (Å²) in [5.74, 6) is 0.110. The van der Waals surface area contributed by atoms with E-state index in [-0.39, 0.29) is 23.5 Å². The molecule has 3 N–H and O–H groups in total. The summed E-state index contributed by atoms with van der Waals surface area (Å²) < 4.78 is 1.77. The molecule has 0 bridgehead atoms.